The lowest BCUT2D eigenvalue weighted by Crippen LogP contribution is -2.06. The quantitative estimate of drug-likeness (QED) is 0.360. The van der Waals surface area contributed by atoms with Crippen LogP contribution in [0.15, 0.2) is 42.5 Å². The van der Waals surface area contributed by atoms with Gasteiger partial charge in [-0.05, 0) is 17.7 Å². The number of carboxylic acids is 3. The normalized spacial score (nSPS) is 11.1. The molecule has 8 heteroatoms. The molecule has 0 atom stereocenters. The van der Waals surface area contributed by atoms with Crippen molar-refractivity contribution in [2.45, 2.75) is 6.42 Å². The lowest BCUT2D eigenvalue weighted by molar-refractivity contribution is -0.136. The van der Waals surface area contributed by atoms with E-state index < -0.39 is 24.3 Å². The SMILES string of the molecule is O=C(O)Cc1c(C(=O)O)[nH]c2cc(-c3c(C(=O)O)[nH]c4ccccc34)ccc12. The van der Waals surface area contributed by atoms with E-state index >= 15 is 0 Å². The van der Waals surface area contributed by atoms with Gasteiger partial charge < -0.3 is 25.3 Å². The lowest BCUT2D eigenvalue weighted by atomic mass is 9.99. The van der Waals surface area contributed by atoms with Crippen LogP contribution in [-0.4, -0.2) is 43.2 Å². The van der Waals surface area contributed by atoms with Crippen molar-refractivity contribution in [1.29, 1.82) is 0 Å². The van der Waals surface area contributed by atoms with Gasteiger partial charge in [-0.3, -0.25) is 4.79 Å². The highest BCUT2D eigenvalue weighted by molar-refractivity contribution is 6.09. The molecule has 0 saturated carbocycles. The molecule has 8 nitrogen and oxygen atoms in total. The van der Waals surface area contributed by atoms with Gasteiger partial charge in [0.1, 0.15) is 11.4 Å². The second-order valence-corrected chi connectivity index (χ2v) is 6.34. The van der Waals surface area contributed by atoms with Crippen LogP contribution in [0.3, 0.4) is 0 Å². The van der Waals surface area contributed by atoms with Crippen molar-refractivity contribution >= 4 is 39.7 Å². The van der Waals surface area contributed by atoms with Crippen molar-refractivity contribution in [1.82, 2.24) is 9.97 Å². The Kier molecular flexibility index (Phi) is 3.89. The largest absolute Gasteiger partial charge is 0.481 e. The van der Waals surface area contributed by atoms with Gasteiger partial charge in [0.15, 0.2) is 0 Å². The second-order valence-electron chi connectivity index (χ2n) is 6.34. The van der Waals surface area contributed by atoms with Gasteiger partial charge in [0, 0.05) is 32.9 Å². The number of carbonyl (C=O) groups is 3. The summed E-state index contributed by atoms with van der Waals surface area (Å²) in [6.45, 7) is 0. The zero-order chi connectivity index (χ0) is 20.0. The van der Waals surface area contributed by atoms with Crippen LogP contribution in [-0.2, 0) is 11.2 Å². The van der Waals surface area contributed by atoms with Crippen molar-refractivity contribution < 1.29 is 29.7 Å². The third-order valence-electron chi connectivity index (χ3n) is 4.66. The topological polar surface area (TPSA) is 143 Å². The first-order chi connectivity index (χ1) is 13.4. The van der Waals surface area contributed by atoms with Gasteiger partial charge in [-0.1, -0.05) is 30.3 Å². The molecule has 0 amide bonds. The first-order valence-corrected chi connectivity index (χ1v) is 8.31. The number of hydrogen-bond acceptors (Lipinski definition) is 3. The summed E-state index contributed by atoms with van der Waals surface area (Å²) < 4.78 is 0. The lowest BCUT2D eigenvalue weighted by Gasteiger charge is -2.04. The highest BCUT2D eigenvalue weighted by Crippen LogP contribution is 2.35. The summed E-state index contributed by atoms with van der Waals surface area (Å²) >= 11 is 0. The minimum Gasteiger partial charge on any atom is -0.481 e. The second kappa shape index (κ2) is 6.27. The number of aromatic carboxylic acids is 2. The van der Waals surface area contributed by atoms with E-state index in [2.05, 4.69) is 9.97 Å². The smallest absolute Gasteiger partial charge is 0.352 e. The molecule has 2 heterocycles. The van der Waals surface area contributed by atoms with Crippen LogP contribution >= 0.6 is 0 Å². The fourth-order valence-electron chi connectivity index (χ4n) is 3.53. The number of H-pyrrole nitrogens is 2. The molecule has 0 aliphatic rings. The summed E-state index contributed by atoms with van der Waals surface area (Å²) in [6.07, 6.45) is -0.436. The Morgan fingerprint density at radius 3 is 2.14 bits per heavy atom. The predicted molar refractivity (Wildman–Crippen MR) is 101 cm³/mol. The van der Waals surface area contributed by atoms with Crippen molar-refractivity contribution in [3.05, 3.63) is 59.4 Å². The van der Waals surface area contributed by atoms with Gasteiger partial charge in [-0.25, -0.2) is 9.59 Å². The molecule has 28 heavy (non-hydrogen) atoms. The Labute approximate surface area is 157 Å². The van der Waals surface area contributed by atoms with Crippen molar-refractivity contribution in [2.75, 3.05) is 0 Å². The number of aromatic amines is 2. The highest BCUT2D eigenvalue weighted by atomic mass is 16.4. The molecule has 4 rings (SSSR count). The average molecular weight is 378 g/mol. The molecule has 2 aromatic carbocycles. The van der Waals surface area contributed by atoms with Crippen molar-refractivity contribution in [2.24, 2.45) is 0 Å². The van der Waals surface area contributed by atoms with Crippen LogP contribution in [0.1, 0.15) is 26.5 Å². The van der Waals surface area contributed by atoms with Gasteiger partial charge in [0.25, 0.3) is 0 Å². The third-order valence-corrected chi connectivity index (χ3v) is 4.66. The van der Waals surface area contributed by atoms with Crippen LogP contribution in [0.2, 0.25) is 0 Å². The summed E-state index contributed by atoms with van der Waals surface area (Å²) in [6, 6.07) is 12.1. The van der Waals surface area contributed by atoms with Crippen molar-refractivity contribution in [3.63, 3.8) is 0 Å². The van der Waals surface area contributed by atoms with Crippen LogP contribution < -0.4 is 0 Å². The molecular weight excluding hydrogens is 364 g/mol. The standard InChI is InChI=1S/C20H14N2O6/c23-15(24)8-12-10-6-5-9(7-14(10)22-17(12)19(25)26)16-11-3-1-2-4-13(11)21-18(16)20(27)28/h1-7,21-22H,8H2,(H,23,24)(H,25,26)(H,27,28). The zero-order valence-corrected chi connectivity index (χ0v) is 14.3. The first kappa shape index (κ1) is 17.3. The Bertz CT molecular complexity index is 1280. The minimum absolute atomic E-state index is 0.0244. The molecule has 140 valence electrons. The predicted octanol–water partition coefficient (Wildman–Crippen LogP) is 3.34. The Morgan fingerprint density at radius 2 is 1.46 bits per heavy atom. The molecular formula is C20H14N2O6. The summed E-state index contributed by atoms with van der Waals surface area (Å²) in [4.78, 5) is 40.0. The maximum Gasteiger partial charge on any atom is 0.352 e. The number of aromatic nitrogens is 2. The summed E-state index contributed by atoms with van der Waals surface area (Å²) in [5.74, 6) is -3.51. The van der Waals surface area contributed by atoms with Gasteiger partial charge in [0.05, 0.1) is 6.42 Å². The van der Waals surface area contributed by atoms with E-state index in [1.165, 1.54) is 0 Å². The maximum absolute atomic E-state index is 11.7. The van der Waals surface area contributed by atoms with E-state index in [0.29, 0.717) is 27.5 Å². The van der Waals surface area contributed by atoms with Crippen LogP contribution in [0.5, 0.6) is 0 Å². The number of aliphatic carboxylic acids is 1. The number of benzene rings is 2. The molecule has 5 N–H and O–H groups in total. The van der Waals surface area contributed by atoms with Gasteiger partial charge in [-0.2, -0.15) is 0 Å². The molecule has 0 aliphatic heterocycles. The Morgan fingerprint density at radius 1 is 0.786 bits per heavy atom. The first-order valence-electron chi connectivity index (χ1n) is 8.31. The fraction of sp³-hybridized carbons (Fsp3) is 0.0500. The number of fused-ring (bicyclic) bond motifs is 2. The Balaban J connectivity index is 1.98. The van der Waals surface area contributed by atoms with Crippen LogP contribution in [0.4, 0.5) is 0 Å². The summed E-state index contributed by atoms with van der Waals surface area (Å²) in [5.41, 5.74) is 2.16. The van der Waals surface area contributed by atoms with Gasteiger partial charge in [0.2, 0.25) is 0 Å². The van der Waals surface area contributed by atoms with Crippen LogP contribution in [0, 0.1) is 0 Å². The third kappa shape index (κ3) is 2.67. The number of para-hydroxylation sites is 1. The maximum atomic E-state index is 11.7. The molecule has 0 bridgehead atoms. The van der Waals surface area contributed by atoms with E-state index in [4.69, 9.17) is 5.11 Å². The van der Waals surface area contributed by atoms with E-state index in [1.807, 2.05) is 0 Å². The fourth-order valence-corrected chi connectivity index (χ4v) is 3.53. The number of rotatable bonds is 5. The molecule has 0 spiro atoms. The molecule has 0 aliphatic carbocycles. The van der Waals surface area contributed by atoms with Gasteiger partial charge >= 0.3 is 17.9 Å². The number of nitrogens with one attached hydrogen (secondary N) is 2. The monoisotopic (exact) mass is 378 g/mol. The summed E-state index contributed by atoms with van der Waals surface area (Å²) in [7, 11) is 0. The number of hydrogen-bond donors (Lipinski definition) is 5. The average Bonchev–Trinajstić information content (AvgIpc) is 3.20. The zero-order valence-electron chi connectivity index (χ0n) is 14.3. The number of carboxylic acid groups (broad SMARTS) is 3. The molecule has 2 aromatic heterocycles. The molecule has 0 saturated heterocycles. The van der Waals surface area contributed by atoms with Gasteiger partial charge in [-0.15, -0.1) is 0 Å². The van der Waals surface area contributed by atoms with E-state index in [-0.39, 0.29) is 17.0 Å². The van der Waals surface area contributed by atoms with Crippen LogP contribution in [0.25, 0.3) is 32.9 Å². The minimum atomic E-state index is -1.26. The molecule has 4 aromatic rings. The van der Waals surface area contributed by atoms with E-state index in [9.17, 15) is 24.6 Å². The van der Waals surface area contributed by atoms with Crippen molar-refractivity contribution in [3.8, 4) is 11.1 Å². The van der Waals surface area contributed by atoms with E-state index in [1.54, 1.807) is 42.5 Å². The summed E-state index contributed by atoms with van der Waals surface area (Å²) in [5, 5.41) is 29.2. The highest BCUT2D eigenvalue weighted by Gasteiger charge is 2.22. The van der Waals surface area contributed by atoms with E-state index in [0.717, 1.165) is 5.39 Å². The molecule has 0 radical (unpaired) electrons. The molecule has 0 fully saturated rings. The Hall–Kier alpha value is -4.07. The molecule has 0 unspecified atom stereocenters.